The van der Waals surface area contributed by atoms with Gasteiger partial charge in [0.15, 0.2) is 0 Å². The Morgan fingerprint density at radius 3 is 3.00 bits per heavy atom. The smallest absolute Gasteiger partial charge is 0.224 e. The van der Waals surface area contributed by atoms with Crippen LogP contribution < -0.4 is 14.8 Å². The van der Waals surface area contributed by atoms with Crippen molar-refractivity contribution in [3.05, 3.63) is 59.7 Å². The number of benzene rings is 2. The Bertz CT molecular complexity index is 684. The molecule has 1 aliphatic heterocycles. The van der Waals surface area contributed by atoms with Crippen LogP contribution in [-0.4, -0.2) is 26.2 Å². The zero-order valence-corrected chi connectivity index (χ0v) is 13.2. The summed E-state index contributed by atoms with van der Waals surface area (Å²) in [4.78, 5) is 12.1. The van der Waals surface area contributed by atoms with E-state index in [0.29, 0.717) is 25.5 Å². The largest absolute Gasteiger partial charge is 0.497 e. The summed E-state index contributed by atoms with van der Waals surface area (Å²) >= 11 is 0. The lowest BCUT2D eigenvalue weighted by Crippen LogP contribution is -2.35. The van der Waals surface area contributed by atoms with Gasteiger partial charge in [0.25, 0.3) is 0 Å². The van der Waals surface area contributed by atoms with Gasteiger partial charge in [-0.3, -0.25) is 4.79 Å². The molecule has 0 spiro atoms. The highest BCUT2D eigenvalue weighted by Gasteiger charge is 2.19. The van der Waals surface area contributed by atoms with Crippen LogP contribution in [0.3, 0.4) is 0 Å². The number of carbonyl (C=O) groups is 1. The van der Waals surface area contributed by atoms with Crippen LogP contribution in [0.25, 0.3) is 0 Å². The first kappa shape index (κ1) is 15.4. The van der Waals surface area contributed by atoms with E-state index in [-0.39, 0.29) is 5.91 Å². The number of hydrogen-bond acceptors (Lipinski definition) is 3. The molecule has 2 aromatic rings. The lowest BCUT2D eigenvalue weighted by molar-refractivity contribution is -0.120. The van der Waals surface area contributed by atoms with Crippen molar-refractivity contribution in [1.82, 2.24) is 5.32 Å². The fourth-order valence-corrected chi connectivity index (χ4v) is 2.81. The molecule has 1 unspecified atom stereocenters. The van der Waals surface area contributed by atoms with E-state index in [4.69, 9.17) is 9.47 Å². The monoisotopic (exact) mass is 311 g/mol. The zero-order chi connectivity index (χ0) is 16.1. The average Bonchev–Trinajstić information content (AvgIpc) is 2.60. The first-order valence-electron chi connectivity index (χ1n) is 7.85. The molecule has 1 N–H and O–H groups in total. The number of ether oxygens (including phenoxy) is 2. The van der Waals surface area contributed by atoms with Gasteiger partial charge in [-0.25, -0.2) is 0 Å². The molecule has 0 aliphatic carbocycles. The molecule has 0 fully saturated rings. The summed E-state index contributed by atoms with van der Waals surface area (Å²) < 4.78 is 10.9. The second-order valence-corrected chi connectivity index (χ2v) is 5.82. The first-order chi connectivity index (χ1) is 11.2. The van der Waals surface area contributed by atoms with Crippen LogP contribution >= 0.6 is 0 Å². The third-order valence-corrected chi connectivity index (χ3v) is 4.04. The van der Waals surface area contributed by atoms with Gasteiger partial charge in [0.1, 0.15) is 11.5 Å². The fourth-order valence-electron chi connectivity index (χ4n) is 2.81. The molecule has 0 aromatic heterocycles. The normalized spacial score (nSPS) is 16.1. The molecular formula is C19H21NO3. The summed E-state index contributed by atoms with van der Waals surface area (Å²) in [6.45, 7) is 1.29. The Labute approximate surface area is 136 Å². The van der Waals surface area contributed by atoms with Crippen molar-refractivity contribution in [3.8, 4) is 11.5 Å². The summed E-state index contributed by atoms with van der Waals surface area (Å²) in [5.74, 6) is 2.08. The summed E-state index contributed by atoms with van der Waals surface area (Å²) in [5, 5.41) is 3.01. The number of para-hydroxylation sites is 1. The van der Waals surface area contributed by atoms with Crippen molar-refractivity contribution in [2.24, 2.45) is 5.92 Å². The van der Waals surface area contributed by atoms with E-state index in [0.717, 1.165) is 23.5 Å². The molecule has 1 aliphatic rings. The van der Waals surface area contributed by atoms with Crippen molar-refractivity contribution in [1.29, 1.82) is 0 Å². The van der Waals surface area contributed by atoms with Crippen molar-refractivity contribution >= 4 is 5.91 Å². The fraction of sp³-hybridized carbons (Fsp3) is 0.316. The molecule has 23 heavy (non-hydrogen) atoms. The van der Waals surface area contributed by atoms with Crippen LogP contribution in [0.15, 0.2) is 48.5 Å². The number of methoxy groups -OCH3 is 1. The van der Waals surface area contributed by atoms with Crippen molar-refractivity contribution in [2.75, 3.05) is 20.3 Å². The van der Waals surface area contributed by atoms with E-state index in [9.17, 15) is 4.79 Å². The zero-order valence-electron chi connectivity index (χ0n) is 13.2. The maximum Gasteiger partial charge on any atom is 0.224 e. The Kier molecular flexibility index (Phi) is 4.81. The van der Waals surface area contributed by atoms with Gasteiger partial charge in [0, 0.05) is 12.5 Å². The van der Waals surface area contributed by atoms with Gasteiger partial charge in [-0.15, -0.1) is 0 Å². The number of hydrogen-bond donors (Lipinski definition) is 1. The van der Waals surface area contributed by atoms with Crippen molar-refractivity contribution in [2.45, 2.75) is 12.8 Å². The molecule has 1 amide bonds. The maximum atomic E-state index is 12.1. The average molecular weight is 311 g/mol. The molecule has 120 valence electrons. The van der Waals surface area contributed by atoms with E-state index in [1.807, 2.05) is 42.5 Å². The van der Waals surface area contributed by atoms with Crippen LogP contribution in [0.1, 0.15) is 11.1 Å². The molecule has 2 aromatic carbocycles. The highest BCUT2D eigenvalue weighted by molar-refractivity contribution is 5.78. The molecule has 0 radical (unpaired) electrons. The van der Waals surface area contributed by atoms with E-state index in [1.54, 1.807) is 7.11 Å². The Morgan fingerprint density at radius 1 is 1.26 bits per heavy atom. The minimum Gasteiger partial charge on any atom is -0.497 e. The van der Waals surface area contributed by atoms with Gasteiger partial charge in [-0.1, -0.05) is 30.3 Å². The molecule has 4 nitrogen and oxygen atoms in total. The van der Waals surface area contributed by atoms with E-state index >= 15 is 0 Å². The Hall–Kier alpha value is -2.49. The number of carbonyl (C=O) groups excluding carboxylic acids is 1. The lowest BCUT2D eigenvalue weighted by atomic mass is 9.96. The van der Waals surface area contributed by atoms with Gasteiger partial charge in [-0.05, 0) is 35.7 Å². The molecule has 0 bridgehead atoms. The predicted molar refractivity (Wildman–Crippen MR) is 88.8 cm³/mol. The summed E-state index contributed by atoms with van der Waals surface area (Å²) in [5.41, 5.74) is 2.16. The summed E-state index contributed by atoms with van der Waals surface area (Å²) in [6, 6.07) is 15.7. The summed E-state index contributed by atoms with van der Waals surface area (Å²) in [7, 11) is 1.63. The number of rotatable bonds is 5. The van der Waals surface area contributed by atoms with Gasteiger partial charge in [0.2, 0.25) is 5.91 Å². The standard InChI is InChI=1S/C19H21NO3/c1-22-17-7-4-5-14(10-17)11-19(21)20-12-15-9-16-6-2-3-8-18(16)23-13-15/h2-8,10,15H,9,11-13H2,1H3,(H,20,21). The third-order valence-electron chi connectivity index (χ3n) is 4.04. The molecule has 1 atom stereocenters. The highest BCUT2D eigenvalue weighted by atomic mass is 16.5. The van der Waals surface area contributed by atoms with Crippen LogP contribution in [0.2, 0.25) is 0 Å². The van der Waals surface area contributed by atoms with Gasteiger partial charge in [-0.2, -0.15) is 0 Å². The minimum atomic E-state index is 0.0251. The predicted octanol–water partition coefficient (Wildman–Crippen LogP) is 2.61. The van der Waals surface area contributed by atoms with Crippen LogP contribution in [0, 0.1) is 5.92 Å². The molecule has 1 heterocycles. The van der Waals surface area contributed by atoms with E-state index in [2.05, 4.69) is 11.4 Å². The molecular weight excluding hydrogens is 290 g/mol. The third kappa shape index (κ3) is 4.03. The number of amides is 1. The van der Waals surface area contributed by atoms with Crippen molar-refractivity contribution < 1.29 is 14.3 Å². The summed E-state index contributed by atoms with van der Waals surface area (Å²) in [6.07, 6.45) is 1.30. The van der Waals surface area contributed by atoms with Crippen LogP contribution in [-0.2, 0) is 17.6 Å². The second kappa shape index (κ2) is 7.18. The van der Waals surface area contributed by atoms with E-state index < -0.39 is 0 Å². The van der Waals surface area contributed by atoms with Gasteiger partial charge >= 0.3 is 0 Å². The van der Waals surface area contributed by atoms with Gasteiger partial charge in [0.05, 0.1) is 20.1 Å². The lowest BCUT2D eigenvalue weighted by Gasteiger charge is -2.25. The molecule has 0 saturated heterocycles. The molecule has 4 heteroatoms. The highest BCUT2D eigenvalue weighted by Crippen LogP contribution is 2.26. The topological polar surface area (TPSA) is 47.6 Å². The van der Waals surface area contributed by atoms with Gasteiger partial charge < -0.3 is 14.8 Å². The quantitative estimate of drug-likeness (QED) is 0.923. The number of nitrogens with one attached hydrogen (secondary N) is 1. The number of fused-ring (bicyclic) bond motifs is 1. The Morgan fingerprint density at radius 2 is 2.13 bits per heavy atom. The SMILES string of the molecule is COc1cccc(CC(=O)NCC2COc3ccccc3C2)c1. The maximum absolute atomic E-state index is 12.1. The van der Waals surface area contributed by atoms with Crippen LogP contribution in [0.5, 0.6) is 11.5 Å². The van der Waals surface area contributed by atoms with E-state index in [1.165, 1.54) is 5.56 Å². The second-order valence-electron chi connectivity index (χ2n) is 5.82. The molecule has 3 rings (SSSR count). The molecule has 0 saturated carbocycles. The first-order valence-corrected chi connectivity index (χ1v) is 7.85. The van der Waals surface area contributed by atoms with Crippen molar-refractivity contribution in [3.63, 3.8) is 0 Å². The van der Waals surface area contributed by atoms with Crippen LogP contribution in [0.4, 0.5) is 0 Å². The minimum absolute atomic E-state index is 0.0251. The Balaban J connectivity index is 1.50.